The zero-order chi connectivity index (χ0) is 24.3. The number of anilines is 1. The second kappa shape index (κ2) is 13.4. The van der Waals surface area contributed by atoms with E-state index in [0.717, 1.165) is 27.7 Å². The van der Waals surface area contributed by atoms with E-state index in [1.807, 2.05) is 98.7 Å². The van der Waals surface area contributed by atoms with Crippen molar-refractivity contribution >= 4 is 22.4 Å². The highest BCUT2D eigenvalue weighted by atomic mass is 16.1. The summed E-state index contributed by atoms with van der Waals surface area (Å²) in [5, 5.41) is 3.97. The first-order valence-corrected chi connectivity index (χ1v) is 11.5. The van der Waals surface area contributed by atoms with E-state index in [2.05, 4.69) is 5.32 Å². The monoisotopic (exact) mass is 424 g/mol. The van der Waals surface area contributed by atoms with Gasteiger partial charge in [-0.15, -0.1) is 0 Å². The first kappa shape index (κ1) is 28.1. The van der Waals surface area contributed by atoms with Crippen molar-refractivity contribution in [1.82, 2.24) is 4.57 Å². The maximum absolute atomic E-state index is 13.1. The van der Waals surface area contributed by atoms with Crippen molar-refractivity contribution in [2.24, 2.45) is 7.05 Å². The minimum absolute atomic E-state index is 0.00102. The maximum atomic E-state index is 13.1. The molecule has 1 aromatic heterocycles. The van der Waals surface area contributed by atoms with Crippen LogP contribution in [0.1, 0.15) is 76.9 Å². The highest BCUT2D eigenvalue weighted by molar-refractivity contribution is 6.28. The van der Waals surface area contributed by atoms with E-state index in [4.69, 9.17) is 0 Å². The summed E-state index contributed by atoms with van der Waals surface area (Å²) >= 11 is 0. The van der Waals surface area contributed by atoms with Gasteiger partial charge in [-0.25, -0.2) is 0 Å². The Hall–Kier alpha value is -2.88. The van der Waals surface area contributed by atoms with Crippen LogP contribution in [-0.2, 0) is 7.05 Å². The predicted octanol–water partition coefficient (Wildman–Crippen LogP) is 7.20. The molecule has 1 heterocycles. The molecule has 0 saturated carbocycles. The van der Waals surface area contributed by atoms with Crippen molar-refractivity contribution < 1.29 is 4.79 Å². The minimum Gasteiger partial charge on any atom is -0.388 e. The lowest BCUT2D eigenvalue weighted by atomic mass is 9.81. The summed E-state index contributed by atoms with van der Waals surface area (Å²) in [6.45, 7) is 17.8. The summed E-state index contributed by atoms with van der Waals surface area (Å²) in [5.41, 5.74) is 5.25. The standard InChI is InChI=1S/C19H16N2O2.4C2H6/c1-10-15-11-6-4-5-7-12(11)18(22)16-13(20-2)8-9-14(17(15)16)21(3)19(10)23;4*1-2/h4-9,20H,1-3H3;4*1-2H3. The van der Waals surface area contributed by atoms with Gasteiger partial charge in [-0.2, -0.15) is 0 Å². The van der Waals surface area contributed by atoms with Crippen molar-refractivity contribution in [3.8, 4) is 11.1 Å². The van der Waals surface area contributed by atoms with Gasteiger partial charge in [0.15, 0.2) is 5.78 Å². The molecule has 1 aliphatic rings. The van der Waals surface area contributed by atoms with E-state index in [9.17, 15) is 9.59 Å². The zero-order valence-corrected chi connectivity index (χ0v) is 21.2. The van der Waals surface area contributed by atoms with Gasteiger partial charge in [0.05, 0.1) is 11.1 Å². The molecule has 0 radical (unpaired) electrons. The summed E-state index contributed by atoms with van der Waals surface area (Å²) in [6.07, 6.45) is 0. The number of aryl methyl sites for hydroxylation is 1. The number of aromatic nitrogens is 1. The van der Waals surface area contributed by atoms with Gasteiger partial charge in [-0.1, -0.05) is 79.7 Å². The van der Waals surface area contributed by atoms with E-state index in [1.165, 1.54) is 0 Å². The van der Waals surface area contributed by atoms with Crippen LogP contribution in [0.5, 0.6) is 0 Å². The molecule has 0 bridgehead atoms. The first-order valence-electron chi connectivity index (χ1n) is 11.5. The number of hydrogen-bond acceptors (Lipinski definition) is 3. The fourth-order valence-electron chi connectivity index (χ4n) is 3.59. The van der Waals surface area contributed by atoms with Crippen molar-refractivity contribution in [2.75, 3.05) is 12.4 Å². The SMILES string of the molecule is CC.CC.CC.CC.CNc1ccc2c3c1C(=O)c1ccccc1-c3c(C)c(=O)n2C. The Morgan fingerprint density at radius 1 is 0.742 bits per heavy atom. The Kier molecular flexibility index (Phi) is 12.2. The molecule has 0 unspecified atom stereocenters. The summed E-state index contributed by atoms with van der Waals surface area (Å²) in [7, 11) is 3.56. The number of nitrogens with one attached hydrogen (secondary N) is 1. The lowest BCUT2D eigenvalue weighted by Crippen LogP contribution is -2.24. The van der Waals surface area contributed by atoms with Crippen LogP contribution in [0, 0.1) is 6.92 Å². The number of rotatable bonds is 1. The molecule has 0 atom stereocenters. The Morgan fingerprint density at radius 2 is 1.26 bits per heavy atom. The number of carbonyl (C=O) groups is 1. The van der Waals surface area contributed by atoms with Crippen LogP contribution < -0.4 is 10.9 Å². The molecule has 0 amide bonds. The summed E-state index contributed by atoms with van der Waals surface area (Å²) in [6, 6.07) is 11.3. The van der Waals surface area contributed by atoms with Gasteiger partial charge in [0.2, 0.25) is 0 Å². The highest BCUT2D eigenvalue weighted by Crippen LogP contribution is 2.42. The molecule has 0 spiro atoms. The lowest BCUT2D eigenvalue weighted by molar-refractivity contribution is 0.104. The van der Waals surface area contributed by atoms with Crippen molar-refractivity contribution in [3.05, 3.63) is 63.4 Å². The molecular formula is C27H40N2O2. The third kappa shape index (κ3) is 4.90. The van der Waals surface area contributed by atoms with Gasteiger partial charge in [0.25, 0.3) is 5.56 Å². The van der Waals surface area contributed by atoms with E-state index >= 15 is 0 Å². The van der Waals surface area contributed by atoms with Crippen molar-refractivity contribution in [3.63, 3.8) is 0 Å². The number of ketones is 1. The average molecular weight is 425 g/mol. The third-order valence-electron chi connectivity index (χ3n) is 4.73. The molecular weight excluding hydrogens is 384 g/mol. The van der Waals surface area contributed by atoms with Gasteiger partial charge in [0, 0.05) is 41.9 Å². The normalized spacial score (nSPS) is 9.97. The topological polar surface area (TPSA) is 51.1 Å². The van der Waals surface area contributed by atoms with E-state index in [0.29, 0.717) is 16.7 Å². The largest absolute Gasteiger partial charge is 0.388 e. The Morgan fingerprint density at radius 3 is 1.77 bits per heavy atom. The molecule has 3 aromatic rings. The van der Waals surface area contributed by atoms with Crippen LogP contribution in [0.15, 0.2) is 41.2 Å². The number of benzene rings is 2. The fraction of sp³-hybridized carbons (Fsp3) is 0.407. The van der Waals surface area contributed by atoms with Gasteiger partial charge in [-0.05, 0) is 24.6 Å². The summed E-state index contributed by atoms with van der Waals surface area (Å²) in [4.78, 5) is 25.7. The molecule has 0 saturated heterocycles. The van der Waals surface area contributed by atoms with Gasteiger partial charge in [0.1, 0.15) is 0 Å². The maximum Gasteiger partial charge on any atom is 0.254 e. The number of pyridine rings is 1. The zero-order valence-electron chi connectivity index (χ0n) is 21.2. The summed E-state index contributed by atoms with van der Waals surface area (Å²) < 4.78 is 1.62. The quantitative estimate of drug-likeness (QED) is 0.351. The van der Waals surface area contributed by atoms with E-state index < -0.39 is 0 Å². The average Bonchev–Trinajstić information content (AvgIpc) is 2.86. The first-order chi connectivity index (χ1) is 15.1. The van der Waals surface area contributed by atoms with Gasteiger partial charge in [-0.3, -0.25) is 9.59 Å². The lowest BCUT2D eigenvalue weighted by Gasteiger charge is -2.24. The third-order valence-corrected chi connectivity index (χ3v) is 4.73. The predicted molar refractivity (Wildman–Crippen MR) is 138 cm³/mol. The van der Waals surface area contributed by atoms with Gasteiger partial charge < -0.3 is 9.88 Å². The Balaban J connectivity index is 0.00000102. The molecule has 2 aromatic carbocycles. The Labute approximate surface area is 188 Å². The van der Waals surface area contributed by atoms with Crippen molar-refractivity contribution in [1.29, 1.82) is 0 Å². The van der Waals surface area contributed by atoms with Crippen LogP contribution in [0.25, 0.3) is 22.0 Å². The molecule has 0 fully saturated rings. The fourth-order valence-corrected chi connectivity index (χ4v) is 3.59. The van der Waals surface area contributed by atoms with Crippen LogP contribution in [0.4, 0.5) is 5.69 Å². The second-order valence-electron chi connectivity index (χ2n) is 5.87. The number of fused-ring (bicyclic) bond motifs is 2. The van der Waals surface area contributed by atoms with Crippen LogP contribution in [0.3, 0.4) is 0 Å². The summed E-state index contributed by atoms with van der Waals surface area (Å²) in [5.74, 6) is 0.00102. The Bertz CT molecular complexity index is 1060. The molecule has 1 N–H and O–H groups in total. The smallest absolute Gasteiger partial charge is 0.254 e. The number of nitrogens with zero attached hydrogens (tertiary/aromatic N) is 1. The second-order valence-corrected chi connectivity index (χ2v) is 5.87. The van der Waals surface area contributed by atoms with E-state index in [1.54, 1.807) is 18.7 Å². The number of hydrogen-bond donors (Lipinski definition) is 1. The van der Waals surface area contributed by atoms with Crippen LogP contribution in [0.2, 0.25) is 0 Å². The molecule has 4 heteroatoms. The minimum atomic E-state index is -0.0280. The molecule has 31 heavy (non-hydrogen) atoms. The van der Waals surface area contributed by atoms with Crippen LogP contribution >= 0.6 is 0 Å². The van der Waals surface area contributed by atoms with Gasteiger partial charge >= 0.3 is 0 Å². The molecule has 170 valence electrons. The molecule has 1 aliphatic carbocycles. The number of carbonyl (C=O) groups excluding carboxylic acids is 1. The van der Waals surface area contributed by atoms with Crippen molar-refractivity contribution in [2.45, 2.75) is 62.3 Å². The van der Waals surface area contributed by atoms with Crippen LogP contribution in [-0.4, -0.2) is 17.4 Å². The highest BCUT2D eigenvalue weighted by Gasteiger charge is 2.30. The molecule has 0 aliphatic heterocycles. The molecule has 4 nitrogen and oxygen atoms in total. The molecule has 4 rings (SSSR count). The van der Waals surface area contributed by atoms with E-state index in [-0.39, 0.29) is 11.3 Å².